The number of nitrogens with one attached hydrogen (secondary N) is 1. The zero-order valence-corrected chi connectivity index (χ0v) is 14.7. The second kappa shape index (κ2) is 7.05. The highest BCUT2D eigenvalue weighted by molar-refractivity contribution is 5.78. The average Bonchev–Trinajstić information content (AvgIpc) is 2.59. The third kappa shape index (κ3) is 4.05. The number of para-hydroxylation sites is 3. The third-order valence-electron chi connectivity index (χ3n) is 4.14. The van der Waals surface area contributed by atoms with Crippen molar-refractivity contribution in [2.75, 3.05) is 13.7 Å². The molecule has 3 rings (SSSR count). The monoisotopic (exact) mass is 341 g/mol. The molecule has 0 bridgehead atoms. The summed E-state index contributed by atoms with van der Waals surface area (Å²) in [6, 6.07) is 15.0. The second-order valence-corrected chi connectivity index (χ2v) is 6.66. The molecule has 1 aliphatic rings. The summed E-state index contributed by atoms with van der Waals surface area (Å²) < 4.78 is 16.8. The van der Waals surface area contributed by atoms with Crippen molar-refractivity contribution in [2.45, 2.75) is 31.9 Å². The van der Waals surface area contributed by atoms with E-state index in [1.54, 1.807) is 19.2 Å². The zero-order valence-electron chi connectivity index (χ0n) is 14.7. The predicted octanol–water partition coefficient (Wildman–Crippen LogP) is 3.49. The number of rotatable bonds is 5. The number of carbonyl (C=O) groups is 1. The van der Waals surface area contributed by atoms with E-state index in [0.717, 1.165) is 11.3 Å². The van der Waals surface area contributed by atoms with Crippen molar-refractivity contribution in [3.8, 4) is 17.2 Å². The number of ether oxygens (including phenoxy) is 3. The number of benzene rings is 2. The number of hydrogen-bond acceptors (Lipinski definition) is 4. The first kappa shape index (κ1) is 17.1. The summed E-state index contributed by atoms with van der Waals surface area (Å²) >= 11 is 0. The Kier molecular flexibility index (Phi) is 4.83. The van der Waals surface area contributed by atoms with E-state index in [1.807, 2.05) is 50.2 Å². The molecule has 0 fully saturated rings. The second-order valence-electron chi connectivity index (χ2n) is 6.66. The van der Waals surface area contributed by atoms with Gasteiger partial charge in [-0.25, -0.2) is 0 Å². The van der Waals surface area contributed by atoms with Gasteiger partial charge in [-0.05, 0) is 32.0 Å². The van der Waals surface area contributed by atoms with E-state index in [1.165, 1.54) is 0 Å². The SMILES string of the molecule is COc1ccccc1OCC(=O)NC1CC(C)(C)Oc2ccccc21. The first-order chi connectivity index (χ1) is 12.0. The molecular weight excluding hydrogens is 318 g/mol. The number of fused-ring (bicyclic) bond motifs is 1. The molecule has 0 saturated heterocycles. The zero-order chi connectivity index (χ0) is 17.9. The van der Waals surface area contributed by atoms with Crippen LogP contribution in [-0.4, -0.2) is 25.2 Å². The van der Waals surface area contributed by atoms with Crippen molar-refractivity contribution in [1.29, 1.82) is 0 Å². The van der Waals surface area contributed by atoms with Crippen molar-refractivity contribution in [3.05, 3.63) is 54.1 Å². The van der Waals surface area contributed by atoms with Gasteiger partial charge in [0.1, 0.15) is 11.4 Å². The van der Waals surface area contributed by atoms with E-state index in [-0.39, 0.29) is 24.2 Å². The van der Waals surface area contributed by atoms with Gasteiger partial charge in [0.25, 0.3) is 5.91 Å². The molecular formula is C20H23NO4. The summed E-state index contributed by atoms with van der Waals surface area (Å²) in [4.78, 5) is 12.4. The van der Waals surface area contributed by atoms with Crippen LogP contribution in [0.4, 0.5) is 0 Å². The maximum absolute atomic E-state index is 12.4. The summed E-state index contributed by atoms with van der Waals surface area (Å²) in [6.45, 7) is 3.97. The fourth-order valence-corrected chi connectivity index (χ4v) is 3.05. The molecule has 1 heterocycles. The van der Waals surface area contributed by atoms with E-state index >= 15 is 0 Å². The molecule has 0 aliphatic carbocycles. The Labute approximate surface area is 147 Å². The van der Waals surface area contributed by atoms with Crippen LogP contribution in [0.3, 0.4) is 0 Å². The van der Waals surface area contributed by atoms with Crippen molar-refractivity contribution < 1.29 is 19.0 Å². The minimum absolute atomic E-state index is 0.0691. The van der Waals surface area contributed by atoms with Crippen LogP contribution in [0.1, 0.15) is 31.9 Å². The molecule has 0 saturated carbocycles. The Bertz CT molecular complexity index is 757. The normalized spacial score (nSPS) is 17.8. The molecule has 1 aliphatic heterocycles. The largest absolute Gasteiger partial charge is 0.493 e. The van der Waals surface area contributed by atoms with Crippen molar-refractivity contribution in [2.24, 2.45) is 0 Å². The Morgan fingerprint density at radius 3 is 2.60 bits per heavy atom. The quantitative estimate of drug-likeness (QED) is 0.904. The van der Waals surface area contributed by atoms with Gasteiger partial charge in [-0.3, -0.25) is 4.79 Å². The fourth-order valence-electron chi connectivity index (χ4n) is 3.05. The molecule has 0 radical (unpaired) electrons. The van der Waals surface area contributed by atoms with Crippen molar-refractivity contribution >= 4 is 5.91 Å². The van der Waals surface area contributed by atoms with Crippen molar-refractivity contribution in [3.63, 3.8) is 0 Å². The lowest BCUT2D eigenvalue weighted by Gasteiger charge is -2.37. The number of hydrogen-bond donors (Lipinski definition) is 1. The summed E-state index contributed by atoms with van der Waals surface area (Å²) in [7, 11) is 1.57. The molecule has 1 N–H and O–H groups in total. The highest BCUT2D eigenvalue weighted by Crippen LogP contribution is 2.39. The van der Waals surface area contributed by atoms with Crippen LogP contribution in [0.15, 0.2) is 48.5 Å². The van der Waals surface area contributed by atoms with Gasteiger partial charge in [0, 0.05) is 12.0 Å². The predicted molar refractivity (Wildman–Crippen MR) is 95.1 cm³/mol. The summed E-state index contributed by atoms with van der Waals surface area (Å²) in [5, 5.41) is 3.05. The molecule has 2 aromatic carbocycles. The summed E-state index contributed by atoms with van der Waals surface area (Å²) in [6.07, 6.45) is 0.699. The molecule has 1 amide bonds. The van der Waals surface area contributed by atoms with Gasteiger partial charge in [-0.15, -0.1) is 0 Å². The molecule has 5 heteroatoms. The van der Waals surface area contributed by atoms with Gasteiger partial charge >= 0.3 is 0 Å². The Hall–Kier alpha value is -2.69. The van der Waals surface area contributed by atoms with Gasteiger partial charge in [0.2, 0.25) is 0 Å². The lowest BCUT2D eigenvalue weighted by atomic mass is 9.90. The van der Waals surface area contributed by atoms with Crippen LogP contribution >= 0.6 is 0 Å². The van der Waals surface area contributed by atoms with Gasteiger partial charge in [-0.1, -0.05) is 30.3 Å². The van der Waals surface area contributed by atoms with E-state index < -0.39 is 0 Å². The molecule has 25 heavy (non-hydrogen) atoms. The molecule has 0 spiro atoms. The average molecular weight is 341 g/mol. The van der Waals surface area contributed by atoms with Crippen LogP contribution in [0.2, 0.25) is 0 Å². The van der Waals surface area contributed by atoms with Crippen LogP contribution in [0, 0.1) is 0 Å². The van der Waals surface area contributed by atoms with Crippen LogP contribution in [0.5, 0.6) is 17.2 Å². The standard InChI is InChI=1S/C20H23NO4/c1-20(2)12-15(14-8-4-5-9-16(14)25-20)21-19(22)13-24-18-11-7-6-10-17(18)23-3/h4-11,15H,12-13H2,1-3H3,(H,21,22). The first-order valence-corrected chi connectivity index (χ1v) is 8.31. The Balaban J connectivity index is 1.67. The summed E-state index contributed by atoms with van der Waals surface area (Å²) in [5.74, 6) is 1.79. The Morgan fingerprint density at radius 1 is 1.16 bits per heavy atom. The van der Waals surface area contributed by atoms with Gasteiger partial charge in [0.15, 0.2) is 18.1 Å². The minimum Gasteiger partial charge on any atom is -0.493 e. The lowest BCUT2D eigenvalue weighted by molar-refractivity contribution is -0.124. The van der Waals surface area contributed by atoms with Gasteiger partial charge in [0.05, 0.1) is 13.2 Å². The third-order valence-corrected chi connectivity index (χ3v) is 4.14. The van der Waals surface area contributed by atoms with E-state index in [9.17, 15) is 4.79 Å². The topological polar surface area (TPSA) is 56.8 Å². The first-order valence-electron chi connectivity index (χ1n) is 8.31. The number of amides is 1. The smallest absolute Gasteiger partial charge is 0.258 e. The van der Waals surface area contributed by atoms with Crippen LogP contribution in [0.25, 0.3) is 0 Å². The molecule has 1 atom stereocenters. The van der Waals surface area contributed by atoms with Crippen LogP contribution < -0.4 is 19.5 Å². The maximum Gasteiger partial charge on any atom is 0.258 e. The molecule has 132 valence electrons. The Morgan fingerprint density at radius 2 is 1.84 bits per heavy atom. The van der Waals surface area contributed by atoms with Gasteiger partial charge < -0.3 is 19.5 Å². The summed E-state index contributed by atoms with van der Waals surface area (Å²) in [5.41, 5.74) is 0.656. The van der Waals surface area contributed by atoms with Gasteiger partial charge in [-0.2, -0.15) is 0 Å². The lowest BCUT2D eigenvalue weighted by Crippen LogP contribution is -2.42. The molecule has 2 aromatic rings. The van der Waals surface area contributed by atoms with E-state index in [4.69, 9.17) is 14.2 Å². The van der Waals surface area contributed by atoms with E-state index in [0.29, 0.717) is 17.9 Å². The van der Waals surface area contributed by atoms with Crippen molar-refractivity contribution in [1.82, 2.24) is 5.32 Å². The van der Waals surface area contributed by atoms with E-state index in [2.05, 4.69) is 5.32 Å². The van der Waals surface area contributed by atoms with Crippen LogP contribution in [-0.2, 0) is 4.79 Å². The minimum atomic E-state index is -0.337. The highest BCUT2D eigenvalue weighted by atomic mass is 16.5. The molecule has 0 aromatic heterocycles. The molecule has 5 nitrogen and oxygen atoms in total. The highest BCUT2D eigenvalue weighted by Gasteiger charge is 2.34. The maximum atomic E-state index is 12.4. The number of carbonyl (C=O) groups excluding carboxylic acids is 1. The molecule has 1 unspecified atom stereocenters. The number of methoxy groups -OCH3 is 1. The fraction of sp³-hybridized carbons (Fsp3) is 0.350.